The van der Waals surface area contributed by atoms with Crippen molar-refractivity contribution in [2.75, 3.05) is 11.4 Å². The normalized spacial score (nSPS) is 16.6. The van der Waals surface area contributed by atoms with Gasteiger partial charge in [-0.05, 0) is 42.5 Å². The lowest BCUT2D eigenvalue weighted by Crippen LogP contribution is -2.40. The van der Waals surface area contributed by atoms with Crippen LogP contribution in [0.5, 0.6) is 0 Å². The number of Topliss-reactive ketones (excluding diaryl/α,β-unsaturated/α-hetero) is 3. The Hall–Kier alpha value is -2.30. The highest BCUT2D eigenvalue weighted by atomic mass is 16.2. The van der Waals surface area contributed by atoms with E-state index in [1.165, 1.54) is 13.8 Å². The molecule has 0 radical (unpaired) electrons. The molecule has 0 N–H and O–H groups in total. The van der Waals surface area contributed by atoms with Crippen molar-refractivity contribution in [3.05, 3.63) is 29.3 Å². The summed E-state index contributed by atoms with van der Waals surface area (Å²) in [6.45, 7) is 9.43. The summed E-state index contributed by atoms with van der Waals surface area (Å²) in [5.41, 5.74) is 2.11. The molecular formula is C21H27NO4. The predicted molar refractivity (Wildman–Crippen MR) is 101 cm³/mol. The van der Waals surface area contributed by atoms with Crippen molar-refractivity contribution in [3.63, 3.8) is 0 Å². The van der Waals surface area contributed by atoms with E-state index in [0.29, 0.717) is 12.1 Å². The molecule has 1 aromatic rings. The van der Waals surface area contributed by atoms with E-state index in [9.17, 15) is 19.2 Å². The summed E-state index contributed by atoms with van der Waals surface area (Å²) >= 11 is 0. The SMILES string of the molecule is CCC(=O)C(CC(=O)c1ccc2c(c1)C(C)(C)CCN2C(C)=O)C(C)=O. The average molecular weight is 357 g/mol. The number of fused-ring (bicyclic) bond motifs is 1. The minimum Gasteiger partial charge on any atom is -0.312 e. The lowest BCUT2D eigenvalue weighted by molar-refractivity contribution is -0.131. The van der Waals surface area contributed by atoms with Crippen LogP contribution in [0.1, 0.15) is 69.8 Å². The number of hydrogen-bond acceptors (Lipinski definition) is 4. The van der Waals surface area contributed by atoms with Crippen LogP contribution in [0.15, 0.2) is 18.2 Å². The number of anilines is 1. The van der Waals surface area contributed by atoms with Crippen LogP contribution < -0.4 is 4.90 Å². The van der Waals surface area contributed by atoms with E-state index >= 15 is 0 Å². The maximum atomic E-state index is 12.7. The Morgan fingerprint density at radius 2 is 1.81 bits per heavy atom. The summed E-state index contributed by atoms with van der Waals surface area (Å²) in [6, 6.07) is 5.31. The molecule has 0 spiro atoms. The van der Waals surface area contributed by atoms with Crippen LogP contribution >= 0.6 is 0 Å². The third-order valence-electron chi connectivity index (χ3n) is 5.30. The Balaban J connectivity index is 2.37. The molecule has 1 aromatic carbocycles. The molecule has 0 fully saturated rings. The molecule has 5 heteroatoms. The number of hydrogen-bond donors (Lipinski definition) is 0. The van der Waals surface area contributed by atoms with Crippen molar-refractivity contribution in [3.8, 4) is 0 Å². The molecule has 1 aliphatic rings. The fourth-order valence-electron chi connectivity index (χ4n) is 3.49. The molecule has 26 heavy (non-hydrogen) atoms. The van der Waals surface area contributed by atoms with E-state index in [0.717, 1.165) is 17.7 Å². The number of rotatable bonds is 6. The van der Waals surface area contributed by atoms with Gasteiger partial charge in [0, 0.05) is 37.6 Å². The van der Waals surface area contributed by atoms with Crippen molar-refractivity contribution in [1.29, 1.82) is 0 Å². The summed E-state index contributed by atoms with van der Waals surface area (Å²) in [5.74, 6) is -1.58. The quantitative estimate of drug-likeness (QED) is 0.577. The molecule has 0 saturated carbocycles. The number of amides is 1. The summed E-state index contributed by atoms with van der Waals surface area (Å²) < 4.78 is 0. The van der Waals surface area contributed by atoms with Gasteiger partial charge in [-0.1, -0.05) is 20.8 Å². The lowest BCUT2D eigenvalue weighted by atomic mass is 9.76. The van der Waals surface area contributed by atoms with Crippen molar-refractivity contribution >= 4 is 28.9 Å². The molecule has 5 nitrogen and oxygen atoms in total. The topological polar surface area (TPSA) is 71.5 Å². The van der Waals surface area contributed by atoms with Gasteiger partial charge in [-0.3, -0.25) is 19.2 Å². The lowest BCUT2D eigenvalue weighted by Gasteiger charge is -2.39. The third-order valence-corrected chi connectivity index (χ3v) is 5.30. The second-order valence-corrected chi connectivity index (χ2v) is 7.65. The summed E-state index contributed by atoms with van der Waals surface area (Å²) in [6.07, 6.45) is 0.946. The second-order valence-electron chi connectivity index (χ2n) is 7.65. The van der Waals surface area contributed by atoms with Gasteiger partial charge in [-0.15, -0.1) is 0 Å². The molecular weight excluding hydrogens is 330 g/mol. The molecule has 0 aromatic heterocycles. The zero-order valence-corrected chi connectivity index (χ0v) is 16.2. The summed E-state index contributed by atoms with van der Waals surface area (Å²) in [5, 5.41) is 0. The van der Waals surface area contributed by atoms with Crippen LogP contribution in [0.3, 0.4) is 0 Å². The van der Waals surface area contributed by atoms with E-state index < -0.39 is 5.92 Å². The Kier molecular flexibility index (Phi) is 5.79. The number of nitrogens with zero attached hydrogens (tertiary/aromatic N) is 1. The second kappa shape index (κ2) is 7.52. The zero-order chi connectivity index (χ0) is 19.6. The van der Waals surface area contributed by atoms with E-state index in [2.05, 4.69) is 13.8 Å². The van der Waals surface area contributed by atoms with E-state index in [1.807, 2.05) is 6.07 Å². The molecule has 0 saturated heterocycles. The number of benzene rings is 1. The minimum absolute atomic E-state index is 0.0222. The highest BCUT2D eigenvalue weighted by Crippen LogP contribution is 2.40. The van der Waals surface area contributed by atoms with E-state index in [4.69, 9.17) is 0 Å². The Morgan fingerprint density at radius 1 is 1.15 bits per heavy atom. The third kappa shape index (κ3) is 3.92. The first-order chi connectivity index (χ1) is 12.1. The van der Waals surface area contributed by atoms with E-state index in [-0.39, 0.29) is 41.5 Å². The van der Waals surface area contributed by atoms with Crippen molar-refractivity contribution in [1.82, 2.24) is 0 Å². The molecule has 1 unspecified atom stereocenters. The summed E-state index contributed by atoms with van der Waals surface area (Å²) in [4.78, 5) is 50.0. The average Bonchev–Trinajstić information content (AvgIpc) is 2.58. The van der Waals surface area contributed by atoms with Crippen LogP contribution in [0.25, 0.3) is 0 Å². The first-order valence-corrected chi connectivity index (χ1v) is 9.07. The van der Waals surface area contributed by atoms with Crippen LogP contribution in [-0.2, 0) is 19.8 Å². The first kappa shape index (κ1) is 20.0. The van der Waals surface area contributed by atoms with Gasteiger partial charge in [-0.25, -0.2) is 0 Å². The summed E-state index contributed by atoms with van der Waals surface area (Å²) in [7, 11) is 0. The minimum atomic E-state index is -0.870. The van der Waals surface area contributed by atoms with E-state index in [1.54, 1.807) is 24.0 Å². The first-order valence-electron chi connectivity index (χ1n) is 9.07. The van der Waals surface area contributed by atoms with Gasteiger partial charge in [0.15, 0.2) is 5.78 Å². The molecule has 140 valence electrons. The van der Waals surface area contributed by atoms with Gasteiger partial charge in [0.05, 0.1) is 5.92 Å². The maximum Gasteiger partial charge on any atom is 0.223 e. The number of carbonyl (C=O) groups is 4. The molecule has 1 atom stereocenters. The fraction of sp³-hybridized carbons (Fsp3) is 0.524. The monoisotopic (exact) mass is 357 g/mol. The zero-order valence-electron chi connectivity index (χ0n) is 16.2. The van der Waals surface area contributed by atoms with Crippen molar-refractivity contribution in [2.45, 2.75) is 59.3 Å². The van der Waals surface area contributed by atoms with Crippen molar-refractivity contribution in [2.24, 2.45) is 5.92 Å². The number of ketones is 3. The Labute approximate surface area is 154 Å². The molecule has 1 heterocycles. The van der Waals surface area contributed by atoms with Gasteiger partial charge in [0.1, 0.15) is 11.6 Å². The molecule has 0 aliphatic carbocycles. The number of carbonyl (C=O) groups excluding carboxylic acids is 4. The van der Waals surface area contributed by atoms with Gasteiger partial charge < -0.3 is 4.90 Å². The highest BCUT2D eigenvalue weighted by Gasteiger charge is 2.34. The smallest absolute Gasteiger partial charge is 0.223 e. The van der Waals surface area contributed by atoms with Crippen LogP contribution in [0.4, 0.5) is 5.69 Å². The van der Waals surface area contributed by atoms with Crippen molar-refractivity contribution < 1.29 is 19.2 Å². The van der Waals surface area contributed by atoms with Crippen LogP contribution in [0, 0.1) is 5.92 Å². The maximum absolute atomic E-state index is 12.7. The largest absolute Gasteiger partial charge is 0.312 e. The van der Waals surface area contributed by atoms with Crippen LogP contribution in [0.2, 0.25) is 0 Å². The predicted octanol–water partition coefficient (Wildman–Crippen LogP) is 3.48. The molecule has 0 bridgehead atoms. The van der Waals surface area contributed by atoms with Gasteiger partial charge in [0.25, 0.3) is 0 Å². The molecule has 1 amide bonds. The highest BCUT2D eigenvalue weighted by molar-refractivity contribution is 6.08. The molecule has 2 rings (SSSR count). The van der Waals surface area contributed by atoms with Gasteiger partial charge in [0.2, 0.25) is 5.91 Å². The fourth-order valence-corrected chi connectivity index (χ4v) is 3.49. The van der Waals surface area contributed by atoms with Crippen LogP contribution in [-0.4, -0.2) is 29.8 Å². The Bertz CT molecular complexity index is 763. The standard InChI is InChI=1S/C21H27NO4/c1-6-19(25)16(13(2)23)12-20(26)15-7-8-18-17(11-15)21(4,5)9-10-22(18)14(3)24/h7-8,11,16H,6,9-10,12H2,1-5H3. The van der Waals surface area contributed by atoms with Gasteiger partial charge >= 0.3 is 0 Å². The Morgan fingerprint density at radius 3 is 2.35 bits per heavy atom. The molecule has 1 aliphatic heterocycles. The van der Waals surface area contributed by atoms with Gasteiger partial charge in [-0.2, -0.15) is 0 Å².